The minimum atomic E-state index is -0.292. The summed E-state index contributed by atoms with van der Waals surface area (Å²) in [4.78, 5) is 22.5. The number of hydrogen-bond acceptors (Lipinski definition) is 3. The zero-order chi connectivity index (χ0) is 13.7. The van der Waals surface area contributed by atoms with Crippen LogP contribution in [0.2, 0.25) is 0 Å². The third-order valence-electron chi connectivity index (χ3n) is 3.24. The van der Waals surface area contributed by atoms with E-state index in [4.69, 9.17) is 5.73 Å². The smallest absolute Gasteiger partial charge is 0.242 e. The number of hydrogen-bond donors (Lipinski definition) is 3. The molecule has 1 aromatic carbocycles. The van der Waals surface area contributed by atoms with Crippen LogP contribution < -0.4 is 16.4 Å². The summed E-state index contributed by atoms with van der Waals surface area (Å²) < 4.78 is 0. The quantitative estimate of drug-likeness (QED) is 0.662. The minimum absolute atomic E-state index is 0.00951. The van der Waals surface area contributed by atoms with Crippen LogP contribution in [0.15, 0.2) is 24.3 Å². The van der Waals surface area contributed by atoms with Crippen molar-refractivity contribution in [3.05, 3.63) is 29.8 Å². The Morgan fingerprint density at radius 1 is 1.32 bits per heavy atom. The fourth-order valence-corrected chi connectivity index (χ4v) is 2.22. The first-order valence-corrected chi connectivity index (χ1v) is 6.57. The molecule has 2 amide bonds. The van der Waals surface area contributed by atoms with Gasteiger partial charge in [-0.1, -0.05) is 18.2 Å². The molecule has 0 radical (unpaired) electrons. The second-order valence-corrected chi connectivity index (χ2v) is 4.77. The molecule has 1 aliphatic heterocycles. The minimum Gasteiger partial charge on any atom is -0.373 e. The van der Waals surface area contributed by atoms with Crippen LogP contribution in [0.3, 0.4) is 0 Å². The van der Waals surface area contributed by atoms with Crippen LogP contribution >= 0.6 is 0 Å². The Bertz CT molecular complexity index is 449. The Balaban J connectivity index is 1.70. The number of benzene rings is 1. The van der Waals surface area contributed by atoms with Gasteiger partial charge in [-0.05, 0) is 24.5 Å². The third kappa shape index (κ3) is 3.71. The van der Waals surface area contributed by atoms with Gasteiger partial charge in [-0.3, -0.25) is 9.59 Å². The van der Waals surface area contributed by atoms with E-state index >= 15 is 0 Å². The number of nitrogens with two attached hydrogens (primary N) is 1. The number of primary amides is 1. The first-order valence-electron chi connectivity index (χ1n) is 6.57. The topological polar surface area (TPSA) is 84.2 Å². The highest BCUT2D eigenvalue weighted by Gasteiger charge is 2.25. The first-order chi connectivity index (χ1) is 9.16. The Morgan fingerprint density at radius 2 is 2.11 bits per heavy atom. The van der Waals surface area contributed by atoms with Gasteiger partial charge in [-0.2, -0.15) is 0 Å². The van der Waals surface area contributed by atoms with E-state index in [1.165, 1.54) is 5.56 Å². The van der Waals surface area contributed by atoms with Crippen LogP contribution in [0.25, 0.3) is 0 Å². The van der Waals surface area contributed by atoms with E-state index in [2.05, 4.69) is 10.6 Å². The highest BCUT2D eigenvalue weighted by atomic mass is 16.2. The molecule has 0 bridgehead atoms. The van der Waals surface area contributed by atoms with Crippen molar-refractivity contribution in [2.24, 2.45) is 5.73 Å². The predicted octanol–water partition coefficient (Wildman–Crippen LogP) is 0.795. The van der Waals surface area contributed by atoms with E-state index in [0.29, 0.717) is 19.4 Å². The lowest BCUT2D eigenvalue weighted by atomic mass is 10.1. The zero-order valence-electron chi connectivity index (χ0n) is 10.8. The lowest BCUT2D eigenvalue weighted by molar-refractivity contribution is -0.121. The molecule has 5 nitrogen and oxygen atoms in total. The van der Waals surface area contributed by atoms with Crippen LogP contribution in [0.4, 0.5) is 5.69 Å². The molecule has 19 heavy (non-hydrogen) atoms. The molecule has 1 aliphatic rings. The summed E-state index contributed by atoms with van der Waals surface area (Å²) in [5.41, 5.74) is 7.26. The molecule has 1 unspecified atom stereocenters. The average Bonchev–Trinajstić information content (AvgIpc) is 2.81. The Hall–Kier alpha value is -2.04. The summed E-state index contributed by atoms with van der Waals surface area (Å²) in [6.07, 6.45) is 2.59. The van der Waals surface area contributed by atoms with Crippen molar-refractivity contribution in [3.63, 3.8) is 0 Å². The van der Waals surface area contributed by atoms with E-state index in [9.17, 15) is 9.59 Å². The molecule has 0 fully saturated rings. The maximum atomic E-state index is 11.9. The Labute approximate surface area is 112 Å². The van der Waals surface area contributed by atoms with Gasteiger partial charge in [-0.25, -0.2) is 0 Å². The molecule has 5 heteroatoms. The molecule has 102 valence electrons. The highest BCUT2D eigenvalue weighted by Crippen LogP contribution is 2.24. The standard InChI is InChI=1S/C14H19N3O2/c15-13(18)7-3-4-8-16-14(19)12-9-10-5-1-2-6-11(10)17-12/h1-2,5-6,12,17H,3-4,7-9H2,(H2,15,18)(H,16,19). The number of fused-ring (bicyclic) bond motifs is 1. The normalized spacial score (nSPS) is 16.5. The SMILES string of the molecule is NC(=O)CCCCNC(=O)C1Cc2ccccc2N1. The van der Waals surface area contributed by atoms with Crippen molar-refractivity contribution in [2.75, 3.05) is 11.9 Å². The number of nitrogens with one attached hydrogen (secondary N) is 2. The molecule has 0 saturated heterocycles. The van der Waals surface area contributed by atoms with Gasteiger partial charge in [0, 0.05) is 25.1 Å². The lowest BCUT2D eigenvalue weighted by Gasteiger charge is -2.11. The maximum absolute atomic E-state index is 11.9. The summed E-state index contributed by atoms with van der Waals surface area (Å²) in [6, 6.07) is 7.76. The molecule has 0 spiro atoms. The molecule has 0 aliphatic carbocycles. The van der Waals surface area contributed by atoms with Gasteiger partial charge >= 0.3 is 0 Å². The molecular weight excluding hydrogens is 242 g/mol. The van der Waals surface area contributed by atoms with E-state index in [0.717, 1.165) is 18.5 Å². The van der Waals surface area contributed by atoms with E-state index in [-0.39, 0.29) is 17.9 Å². The molecule has 4 N–H and O–H groups in total. The summed E-state index contributed by atoms with van der Waals surface area (Å²) >= 11 is 0. The van der Waals surface area contributed by atoms with E-state index in [1.807, 2.05) is 24.3 Å². The number of para-hydroxylation sites is 1. The summed E-state index contributed by atoms with van der Waals surface area (Å²) in [6.45, 7) is 0.584. The molecule has 1 heterocycles. The van der Waals surface area contributed by atoms with Crippen LogP contribution in [-0.4, -0.2) is 24.4 Å². The fraction of sp³-hybridized carbons (Fsp3) is 0.429. The van der Waals surface area contributed by atoms with Crippen molar-refractivity contribution in [3.8, 4) is 0 Å². The lowest BCUT2D eigenvalue weighted by Crippen LogP contribution is -2.38. The monoisotopic (exact) mass is 261 g/mol. The van der Waals surface area contributed by atoms with Gasteiger partial charge in [0.1, 0.15) is 6.04 Å². The maximum Gasteiger partial charge on any atom is 0.242 e. The van der Waals surface area contributed by atoms with Crippen molar-refractivity contribution in [1.82, 2.24) is 5.32 Å². The van der Waals surface area contributed by atoms with Crippen molar-refractivity contribution in [1.29, 1.82) is 0 Å². The number of amides is 2. The van der Waals surface area contributed by atoms with Crippen molar-refractivity contribution < 1.29 is 9.59 Å². The van der Waals surface area contributed by atoms with Gasteiger partial charge in [0.2, 0.25) is 11.8 Å². The molecule has 0 aromatic heterocycles. The Morgan fingerprint density at radius 3 is 2.84 bits per heavy atom. The van der Waals surface area contributed by atoms with Gasteiger partial charge in [0.05, 0.1) is 0 Å². The third-order valence-corrected chi connectivity index (χ3v) is 3.24. The van der Waals surface area contributed by atoms with Crippen LogP contribution in [-0.2, 0) is 16.0 Å². The summed E-state index contributed by atoms with van der Waals surface area (Å²) in [5.74, 6) is -0.283. The van der Waals surface area contributed by atoms with Crippen LogP contribution in [0.5, 0.6) is 0 Å². The van der Waals surface area contributed by atoms with Gasteiger partial charge in [0.15, 0.2) is 0 Å². The molecule has 1 aromatic rings. The number of anilines is 1. The summed E-state index contributed by atoms with van der Waals surface area (Å²) in [7, 11) is 0. The summed E-state index contributed by atoms with van der Waals surface area (Å²) in [5, 5.41) is 6.09. The Kier molecular flexibility index (Phi) is 4.39. The van der Waals surface area contributed by atoms with Crippen molar-refractivity contribution >= 4 is 17.5 Å². The van der Waals surface area contributed by atoms with Crippen LogP contribution in [0.1, 0.15) is 24.8 Å². The number of carbonyl (C=O) groups excluding carboxylic acids is 2. The second-order valence-electron chi connectivity index (χ2n) is 4.77. The number of unbranched alkanes of at least 4 members (excludes halogenated alkanes) is 1. The van der Waals surface area contributed by atoms with Crippen LogP contribution in [0, 0.1) is 0 Å². The van der Waals surface area contributed by atoms with E-state index < -0.39 is 0 Å². The molecule has 1 atom stereocenters. The second kappa shape index (κ2) is 6.22. The molecule has 0 saturated carbocycles. The van der Waals surface area contributed by atoms with Crippen molar-refractivity contribution in [2.45, 2.75) is 31.7 Å². The molecule has 2 rings (SSSR count). The predicted molar refractivity (Wildman–Crippen MR) is 73.6 cm³/mol. The number of rotatable bonds is 6. The average molecular weight is 261 g/mol. The zero-order valence-corrected chi connectivity index (χ0v) is 10.8. The van der Waals surface area contributed by atoms with Gasteiger partial charge in [-0.15, -0.1) is 0 Å². The molecular formula is C14H19N3O2. The first kappa shape index (κ1) is 13.4. The van der Waals surface area contributed by atoms with Gasteiger partial charge in [0.25, 0.3) is 0 Å². The van der Waals surface area contributed by atoms with Gasteiger partial charge < -0.3 is 16.4 Å². The fourth-order valence-electron chi connectivity index (χ4n) is 2.22. The highest BCUT2D eigenvalue weighted by molar-refractivity contribution is 5.87. The van der Waals surface area contributed by atoms with E-state index in [1.54, 1.807) is 0 Å². The largest absolute Gasteiger partial charge is 0.373 e. The number of carbonyl (C=O) groups is 2.